The van der Waals surface area contributed by atoms with Crippen LogP contribution in [-0.4, -0.2) is 27.7 Å². The van der Waals surface area contributed by atoms with E-state index in [-0.39, 0.29) is 11.3 Å². The molecule has 104 valence electrons. The zero-order valence-corrected chi connectivity index (χ0v) is 10.4. The van der Waals surface area contributed by atoms with E-state index < -0.39 is 12.6 Å². The molecule has 0 bridgehead atoms. The Hall–Kier alpha value is -2.57. The number of aromatic nitrogens is 2. The number of benzene rings is 1. The van der Waals surface area contributed by atoms with Crippen molar-refractivity contribution < 1.29 is 23.4 Å². The maximum Gasteiger partial charge on any atom is 0.387 e. The topological polar surface area (TPSA) is 72.3 Å². The average molecular weight is 280 g/mol. The third kappa shape index (κ3) is 3.05. The number of rotatable bonds is 4. The molecule has 1 aromatic heterocycles. The highest BCUT2D eigenvalue weighted by atomic mass is 19.3. The normalized spacial score (nSPS) is 10.6. The fourth-order valence-corrected chi connectivity index (χ4v) is 1.60. The number of nitrogens with zero attached hydrogens (tertiary/aromatic N) is 2. The molecule has 20 heavy (non-hydrogen) atoms. The first-order valence-corrected chi connectivity index (χ1v) is 5.59. The van der Waals surface area contributed by atoms with Gasteiger partial charge in [0.1, 0.15) is 5.75 Å². The summed E-state index contributed by atoms with van der Waals surface area (Å²) >= 11 is 0. The summed E-state index contributed by atoms with van der Waals surface area (Å²) in [6.45, 7) is -1.32. The summed E-state index contributed by atoms with van der Waals surface area (Å²) in [7, 11) is 0. The second kappa shape index (κ2) is 5.60. The molecule has 7 heteroatoms. The predicted octanol–water partition coefficient (Wildman–Crippen LogP) is 2.75. The summed E-state index contributed by atoms with van der Waals surface area (Å²) in [5.74, 6) is -0.756. The molecule has 0 aliphatic heterocycles. The lowest BCUT2D eigenvalue weighted by Gasteiger charge is -2.06. The van der Waals surface area contributed by atoms with E-state index in [2.05, 4.69) is 14.7 Å². The van der Waals surface area contributed by atoms with Gasteiger partial charge in [0.2, 0.25) is 0 Å². The van der Waals surface area contributed by atoms with Gasteiger partial charge in [0.15, 0.2) is 5.82 Å². The molecule has 1 aromatic carbocycles. The molecule has 0 fully saturated rings. The quantitative estimate of drug-likeness (QED) is 0.932. The molecule has 0 spiro atoms. The number of carbonyl (C=O) groups is 1. The third-order valence-corrected chi connectivity index (χ3v) is 2.55. The number of halogens is 2. The molecular weight excluding hydrogens is 270 g/mol. The van der Waals surface area contributed by atoms with Gasteiger partial charge in [-0.15, -0.1) is 0 Å². The van der Waals surface area contributed by atoms with Crippen LogP contribution in [0.1, 0.15) is 16.1 Å². The van der Waals surface area contributed by atoms with Crippen molar-refractivity contribution in [1.29, 1.82) is 0 Å². The molecule has 0 unspecified atom stereocenters. The Kier molecular flexibility index (Phi) is 3.88. The van der Waals surface area contributed by atoms with Crippen LogP contribution in [0.15, 0.2) is 30.5 Å². The molecule has 1 heterocycles. The van der Waals surface area contributed by atoms with E-state index in [4.69, 9.17) is 5.11 Å². The molecule has 0 saturated heterocycles. The van der Waals surface area contributed by atoms with Gasteiger partial charge in [0.25, 0.3) is 0 Å². The lowest BCUT2D eigenvalue weighted by atomic mass is 10.2. The Labute approximate surface area is 112 Å². The van der Waals surface area contributed by atoms with E-state index in [0.29, 0.717) is 17.1 Å². The molecule has 0 aliphatic rings. The number of alkyl halides is 2. The van der Waals surface area contributed by atoms with Gasteiger partial charge in [-0.1, -0.05) is 0 Å². The first-order chi connectivity index (χ1) is 9.47. The second-order valence-electron chi connectivity index (χ2n) is 3.90. The Bertz CT molecular complexity index is 630. The number of carboxylic acid groups (broad SMARTS) is 1. The summed E-state index contributed by atoms with van der Waals surface area (Å²) in [4.78, 5) is 18.9. The Morgan fingerprint density at radius 3 is 2.45 bits per heavy atom. The van der Waals surface area contributed by atoms with Gasteiger partial charge < -0.3 is 9.84 Å². The highest BCUT2D eigenvalue weighted by molar-refractivity contribution is 5.88. The summed E-state index contributed by atoms with van der Waals surface area (Å²) in [6, 6.07) is 5.77. The number of ether oxygens (including phenoxy) is 1. The number of hydrogen-bond acceptors (Lipinski definition) is 4. The molecule has 2 rings (SSSR count). The zero-order valence-electron chi connectivity index (χ0n) is 10.4. The van der Waals surface area contributed by atoms with Crippen LogP contribution in [0, 0.1) is 6.92 Å². The molecule has 0 saturated carbocycles. The minimum absolute atomic E-state index is 0.0198. The van der Waals surface area contributed by atoms with E-state index in [9.17, 15) is 13.6 Å². The number of aromatic carboxylic acids is 1. The van der Waals surface area contributed by atoms with Crippen molar-refractivity contribution in [2.45, 2.75) is 13.5 Å². The van der Waals surface area contributed by atoms with E-state index in [1.54, 1.807) is 6.92 Å². The van der Waals surface area contributed by atoms with Crippen molar-refractivity contribution in [3.63, 3.8) is 0 Å². The Balaban J connectivity index is 2.28. The molecule has 0 aliphatic carbocycles. The highest BCUT2D eigenvalue weighted by Gasteiger charge is 2.11. The molecule has 0 amide bonds. The van der Waals surface area contributed by atoms with E-state index in [1.165, 1.54) is 30.5 Å². The van der Waals surface area contributed by atoms with Crippen molar-refractivity contribution >= 4 is 5.97 Å². The second-order valence-corrected chi connectivity index (χ2v) is 3.90. The predicted molar refractivity (Wildman–Crippen MR) is 65.8 cm³/mol. The maximum absolute atomic E-state index is 12.0. The lowest BCUT2D eigenvalue weighted by Crippen LogP contribution is -2.04. The van der Waals surface area contributed by atoms with Crippen LogP contribution in [0.5, 0.6) is 5.75 Å². The molecular formula is C13H10F2N2O3. The molecule has 2 aromatic rings. The van der Waals surface area contributed by atoms with Crippen molar-refractivity contribution in [3.05, 3.63) is 41.7 Å². The van der Waals surface area contributed by atoms with Gasteiger partial charge in [0.05, 0.1) is 11.3 Å². The van der Waals surface area contributed by atoms with E-state index >= 15 is 0 Å². The van der Waals surface area contributed by atoms with Crippen molar-refractivity contribution in [2.24, 2.45) is 0 Å². The molecule has 5 nitrogen and oxygen atoms in total. The minimum atomic E-state index is -2.88. The van der Waals surface area contributed by atoms with Crippen LogP contribution in [0.25, 0.3) is 11.4 Å². The number of hydrogen-bond donors (Lipinski definition) is 1. The smallest absolute Gasteiger partial charge is 0.387 e. The first kappa shape index (κ1) is 13.9. The van der Waals surface area contributed by atoms with Gasteiger partial charge in [-0.25, -0.2) is 14.8 Å². The Morgan fingerprint density at radius 2 is 1.95 bits per heavy atom. The molecule has 0 radical (unpaired) electrons. The van der Waals surface area contributed by atoms with Crippen LogP contribution < -0.4 is 4.74 Å². The van der Waals surface area contributed by atoms with Crippen LogP contribution in [0.2, 0.25) is 0 Å². The van der Waals surface area contributed by atoms with Crippen LogP contribution in [0.4, 0.5) is 8.78 Å². The standard InChI is InChI=1S/C13H10F2N2O3/c1-7-10(12(18)19)6-16-11(17-7)8-2-4-9(5-3-8)20-13(14)15/h2-6,13H,1H3,(H,18,19). The largest absolute Gasteiger partial charge is 0.478 e. The van der Waals surface area contributed by atoms with Crippen molar-refractivity contribution in [2.75, 3.05) is 0 Å². The van der Waals surface area contributed by atoms with Crippen molar-refractivity contribution in [3.8, 4) is 17.1 Å². The maximum atomic E-state index is 12.0. The SMILES string of the molecule is Cc1nc(-c2ccc(OC(F)F)cc2)ncc1C(=O)O. The van der Waals surface area contributed by atoms with Crippen LogP contribution in [-0.2, 0) is 0 Å². The summed E-state index contributed by atoms with van der Waals surface area (Å²) < 4.78 is 28.3. The summed E-state index contributed by atoms with van der Waals surface area (Å²) in [5, 5.41) is 8.88. The summed E-state index contributed by atoms with van der Waals surface area (Å²) in [6.07, 6.45) is 1.21. The molecule has 1 N–H and O–H groups in total. The van der Waals surface area contributed by atoms with Crippen LogP contribution >= 0.6 is 0 Å². The van der Waals surface area contributed by atoms with Gasteiger partial charge in [0, 0.05) is 11.8 Å². The molecule has 0 atom stereocenters. The summed E-state index contributed by atoms with van der Waals surface area (Å²) in [5.41, 5.74) is 0.925. The minimum Gasteiger partial charge on any atom is -0.478 e. The fraction of sp³-hybridized carbons (Fsp3) is 0.154. The van der Waals surface area contributed by atoms with Gasteiger partial charge in [-0.3, -0.25) is 0 Å². The monoisotopic (exact) mass is 280 g/mol. The zero-order chi connectivity index (χ0) is 14.7. The third-order valence-electron chi connectivity index (χ3n) is 2.55. The van der Waals surface area contributed by atoms with E-state index in [0.717, 1.165) is 0 Å². The fourth-order valence-electron chi connectivity index (χ4n) is 1.60. The Morgan fingerprint density at radius 1 is 1.30 bits per heavy atom. The van der Waals surface area contributed by atoms with Crippen LogP contribution in [0.3, 0.4) is 0 Å². The lowest BCUT2D eigenvalue weighted by molar-refractivity contribution is -0.0498. The first-order valence-electron chi connectivity index (χ1n) is 5.59. The highest BCUT2D eigenvalue weighted by Crippen LogP contribution is 2.21. The van der Waals surface area contributed by atoms with Gasteiger partial charge in [-0.05, 0) is 31.2 Å². The van der Waals surface area contributed by atoms with Gasteiger partial charge in [-0.2, -0.15) is 8.78 Å². The van der Waals surface area contributed by atoms with E-state index in [1.807, 2.05) is 0 Å². The van der Waals surface area contributed by atoms with Gasteiger partial charge >= 0.3 is 12.6 Å². The number of aryl methyl sites for hydroxylation is 1. The average Bonchev–Trinajstić information content (AvgIpc) is 2.38. The van der Waals surface area contributed by atoms with Crippen molar-refractivity contribution in [1.82, 2.24) is 9.97 Å². The number of carboxylic acids is 1.